The van der Waals surface area contributed by atoms with Crippen molar-refractivity contribution >= 4 is 11.8 Å². The lowest BCUT2D eigenvalue weighted by molar-refractivity contribution is 0.259. The topological polar surface area (TPSA) is 12.0 Å². The maximum Gasteiger partial charge on any atom is 0.0208 e. The zero-order valence-electron chi connectivity index (χ0n) is 12.1. The van der Waals surface area contributed by atoms with E-state index in [0.717, 1.165) is 24.3 Å². The van der Waals surface area contributed by atoms with Gasteiger partial charge in [0.2, 0.25) is 0 Å². The van der Waals surface area contributed by atoms with E-state index >= 15 is 0 Å². The van der Waals surface area contributed by atoms with Crippen LogP contribution in [0, 0.1) is 17.8 Å². The number of rotatable bonds is 5. The number of nitrogens with one attached hydrogen (secondary N) is 1. The van der Waals surface area contributed by atoms with Gasteiger partial charge in [0.15, 0.2) is 0 Å². The van der Waals surface area contributed by atoms with Crippen LogP contribution in [0.5, 0.6) is 0 Å². The maximum atomic E-state index is 3.76. The summed E-state index contributed by atoms with van der Waals surface area (Å²) in [6.07, 6.45) is 8.11. The molecule has 0 radical (unpaired) electrons. The minimum atomic E-state index is 0.676. The smallest absolute Gasteiger partial charge is 0.0208 e. The minimum absolute atomic E-state index is 0.676. The summed E-state index contributed by atoms with van der Waals surface area (Å²) in [6, 6.07) is 9.64. The van der Waals surface area contributed by atoms with Crippen molar-refractivity contribution in [1.82, 2.24) is 5.32 Å². The molecular weight excluding hydrogens is 250 g/mol. The van der Waals surface area contributed by atoms with Crippen molar-refractivity contribution in [3.63, 3.8) is 0 Å². The van der Waals surface area contributed by atoms with Gasteiger partial charge < -0.3 is 5.32 Å². The first-order valence-electron chi connectivity index (χ1n) is 7.62. The van der Waals surface area contributed by atoms with Gasteiger partial charge in [-0.3, -0.25) is 0 Å². The van der Waals surface area contributed by atoms with Gasteiger partial charge in [0, 0.05) is 17.5 Å². The van der Waals surface area contributed by atoms with E-state index in [0.29, 0.717) is 6.04 Å². The molecular formula is C17H25NS. The van der Waals surface area contributed by atoms with Crippen LogP contribution < -0.4 is 5.32 Å². The SMILES string of the molecule is CSc1ccc(CN[C@H](C)[C@H]2C[C@H]3CC[C@H]2C3)cc1. The summed E-state index contributed by atoms with van der Waals surface area (Å²) < 4.78 is 0. The molecule has 0 spiro atoms. The molecule has 2 fully saturated rings. The normalized spacial score (nSPS) is 30.7. The Kier molecular flexibility index (Phi) is 4.18. The van der Waals surface area contributed by atoms with Crippen molar-refractivity contribution < 1.29 is 0 Å². The summed E-state index contributed by atoms with van der Waals surface area (Å²) >= 11 is 1.81. The van der Waals surface area contributed by atoms with Gasteiger partial charge in [0.25, 0.3) is 0 Å². The van der Waals surface area contributed by atoms with Crippen LogP contribution in [-0.2, 0) is 6.54 Å². The van der Waals surface area contributed by atoms with Crippen LogP contribution in [0.15, 0.2) is 29.2 Å². The Morgan fingerprint density at radius 2 is 2.00 bits per heavy atom. The van der Waals surface area contributed by atoms with Gasteiger partial charge in [-0.15, -0.1) is 11.8 Å². The Bertz CT molecular complexity index is 414. The molecule has 2 bridgehead atoms. The lowest BCUT2D eigenvalue weighted by Crippen LogP contribution is -2.35. The fourth-order valence-electron chi connectivity index (χ4n) is 4.08. The molecule has 0 heterocycles. The predicted molar refractivity (Wildman–Crippen MR) is 83.5 cm³/mol. The van der Waals surface area contributed by atoms with Gasteiger partial charge in [0.1, 0.15) is 0 Å². The summed E-state index contributed by atoms with van der Waals surface area (Å²) in [7, 11) is 0. The van der Waals surface area contributed by atoms with Gasteiger partial charge >= 0.3 is 0 Å². The highest BCUT2D eigenvalue weighted by Gasteiger charge is 2.41. The third kappa shape index (κ3) is 3.00. The Labute approximate surface area is 121 Å². The van der Waals surface area contributed by atoms with Crippen molar-refractivity contribution in [2.45, 2.75) is 50.1 Å². The van der Waals surface area contributed by atoms with Crippen LogP contribution in [0.2, 0.25) is 0 Å². The summed E-state index contributed by atoms with van der Waals surface area (Å²) in [5.41, 5.74) is 1.41. The van der Waals surface area contributed by atoms with Crippen LogP contribution in [0.1, 0.15) is 38.2 Å². The molecule has 0 saturated heterocycles. The van der Waals surface area contributed by atoms with Crippen LogP contribution in [0.4, 0.5) is 0 Å². The average molecular weight is 275 g/mol. The first kappa shape index (κ1) is 13.5. The number of fused-ring (bicyclic) bond motifs is 2. The second-order valence-corrected chi connectivity index (χ2v) is 7.24. The molecule has 2 heteroatoms. The van der Waals surface area contributed by atoms with E-state index in [9.17, 15) is 0 Å². The third-order valence-corrected chi connectivity index (χ3v) is 5.97. The van der Waals surface area contributed by atoms with Crippen LogP contribution >= 0.6 is 11.8 Å². The van der Waals surface area contributed by atoms with E-state index in [1.165, 1.54) is 36.1 Å². The van der Waals surface area contributed by atoms with E-state index in [-0.39, 0.29) is 0 Å². The number of hydrogen-bond acceptors (Lipinski definition) is 2. The Morgan fingerprint density at radius 1 is 1.21 bits per heavy atom. The van der Waals surface area contributed by atoms with Crippen molar-refractivity contribution in [3.05, 3.63) is 29.8 Å². The quantitative estimate of drug-likeness (QED) is 0.803. The highest BCUT2D eigenvalue weighted by molar-refractivity contribution is 7.98. The van der Waals surface area contributed by atoms with Gasteiger partial charge in [-0.2, -0.15) is 0 Å². The third-order valence-electron chi connectivity index (χ3n) is 5.22. The Morgan fingerprint density at radius 3 is 2.58 bits per heavy atom. The molecule has 0 unspecified atom stereocenters. The standard InChI is InChI=1S/C17H25NS/c1-12(17-10-14-3-6-15(17)9-14)18-11-13-4-7-16(19-2)8-5-13/h4-5,7-8,12,14-15,17-18H,3,6,9-11H2,1-2H3/t12-,14+,15+,17-/m1/s1. The van der Waals surface area contributed by atoms with Crippen LogP contribution in [-0.4, -0.2) is 12.3 Å². The molecule has 0 amide bonds. The molecule has 1 aromatic rings. The summed E-state index contributed by atoms with van der Waals surface area (Å²) in [5, 5.41) is 3.76. The average Bonchev–Trinajstić information content (AvgIpc) is 3.08. The zero-order chi connectivity index (χ0) is 13.2. The molecule has 104 valence electrons. The van der Waals surface area contributed by atoms with E-state index in [1.807, 2.05) is 11.8 Å². The van der Waals surface area contributed by atoms with Gasteiger partial charge in [0.05, 0.1) is 0 Å². The number of hydrogen-bond donors (Lipinski definition) is 1. The Hall–Kier alpha value is -0.470. The molecule has 3 rings (SSSR count). The molecule has 0 aromatic heterocycles. The highest BCUT2D eigenvalue weighted by atomic mass is 32.2. The van der Waals surface area contributed by atoms with Crippen molar-refractivity contribution in [3.8, 4) is 0 Å². The molecule has 2 aliphatic carbocycles. The molecule has 1 aromatic carbocycles. The van der Waals surface area contributed by atoms with Crippen molar-refractivity contribution in [1.29, 1.82) is 0 Å². The molecule has 1 nitrogen and oxygen atoms in total. The van der Waals surface area contributed by atoms with E-state index in [2.05, 4.69) is 42.8 Å². The molecule has 2 saturated carbocycles. The summed E-state index contributed by atoms with van der Waals surface area (Å²) in [6.45, 7) is 3.41. The van der Waals surface area contributed by atoms with Crippen molar-refractivity contribution in [2.24, 2.45) is 17.8 Å². The van der Waals surface area contributed by atoms with Gasteiger partial charge in [-0.1, -0.05) is 18.6 Å². The molecule has 2 aliphatic rings. The highest BCUT2D eigenvalue weighted by Crippen LogP contribution is 2.49. The van der Waals surface area contributed by atoms with Gasteiger partial charge in [-0.05, 0) is 67.9 Å². The zero-order valence-corrected chi connectivity index (χ0v) is 12.9. The fraction of sp³-hybridized carbons (Fsp3) is 0.647. The van der Waals surface area contributed by atoms with E-state index in [1.54, 1.807) is 0 Å². The molecule has 0 aliphatic heterocycles. The van der Waals surface area contributed by atoms with E-state index < -0.39 is 0 Å². The summed E-state index contributed by atoms with van der Waals surface area (Å²) in [5.74, 6) is 3.01. The lowest BCUT2D eigenvalue weighted by atomic mass is 9.84. The van der Waals surface area contributed by atoms with Crippen LogP contribution in [0.3, 0.4) is 0 Å². The first-order chi connectivity index (χ1) is 9.26. The second-order valence-electron chi connectivity index (χ2n) is 6.36. The van der Waals surface area contributed by atoms with Crippen molar-refractivity contribution in [2.75, 3.05) is 6.26 Å². The lowest BCUT2D eigenvalue weighted by Gasteiger charge is -2.28. The van der Waals surface area contributed by atoms with Gasteiger partial charge in [-0.25, -0.2) is 0 Å². The second kappa shape index (κ2) is 5.88. The van der Waals surface area contributed by atoms with Crippen LogP contribution in [0.25, 0.3) is 0 Å². The monoisotopic (exact) mass is 275 g/mol. The largest absolute Gasteiger partial charge is 0.310 e. The first-order valence-corrected chi connectivity index (χ1v) is 8.85. The number of thioether (sulfide) groups is 1. The molecule has 4 atom stereocenters. The minimum Gasteiger partial charge on any atom is -0.310 e. The predicted octanol–water partition coefficient (Wildman–Crippen LogP) is 4.32. The Balaban J connectivity index is 1.51. The summed E-state index contributed by atoms with van der Waals surface area (Å²) in [4.78, 5) is 1.35. The maximum absolute atomic E-state index is 3.76. The number of benzene rings is 1. The van der Waals surface area contributed by atoms with E-state index in [4.69, 9.17) is 0 Å². The molecule has 19 heavy (non-hydrogen) atoms. The fourth-order valence-corrected chi connectivity index (χ4v) is 4.49. The molecule has 1 N–H and O–H groups in total.